The maximum atomic E-state index is 3.45. The van der Waals surface area contributed by atoms with Crippen LogP contribution in [-0.2, 0) is 0 Å². The smallest absolute Gasteiger partial charge is 0.00146 e. The van der Waals surface area contributed by atoms with Gasteiger partial charge in [0.2, 0.25) is 0 Å². The molecule has 88 valence electrons. The Kier molecular flexibility index (Phi) is 2.86. The average Bonchev–Trinajstić information content (AvgIpc) is 3.15. The lowest BCUT2D eigenvalue weighted by Gasteiger charge is -2.04. The van der Waals surface area contributed by atoms with Crippen molar-refractivity contribution in [2.45, 2.75) is 19.3 Å². The summed E-state index contributed by atoms with van der Waals surface area (Å²) < 4.78 is 0. The molecule has 0 aromatic heterocycles. The van der Waals surface area contributed by atoms with Crippen LogP contribution in [0.15, 0.2) is 42.5 Å². The van der Waals surface area contributed by atoms with Crippen molar-refractivity contribution in [3.63, 3.8) is 0 Å². The maximum Gasteiger partial charge on any atom is -0.00146 e. The van der Waals surface area contributed by atoms with E-state index in [1.165, 1.54) is 29.3 Å². The third-order valence-corrected chi connectivity index (χ3v) is 3.78. The minimum atomic E-state index is 0.790. The van der Waals surface area contributed by atoms with E-state index in [1.807, 2.05) is 0 Å². The van der Waals surface area contributed by atoms with E-state index in [4.69, 9.17) is 0 Å². The Labute approximate surface area is 103 Å². The minimum absolute atomic E-state index is 0.790. The molecule has 0 saturated heterocycles. The molecule has 1 aliphatic rings. The van der Waals surface area contributed by atoms with Crippen LogP contribution < -0.4 is 5.32 Å². The van der Waals surface area contributed by atoms with E-state index in [9.17, 15) is 0 Å². The lowest BCUT2D eigenvalue weighted by atomic mass is 10.0. The third-order valence-electron chi connectivity index (χ3n) is 3.78. The predicted octanol–water partition coefficient (Wildman–Crippen LogP) is 3.55. The fraction of sp³-hybridized carbons (Fsp3) is 0.375. The summed E-state index contributed by atoms with van der Waals surface area (Å²) in [5.74, 6) is 1.65. The van der Waals surface area contributed by atoms with E-state index in [2.05, 4.69) is 54.7 Å². The Morgan fingerprint density at radius 1 is 1.12 bits per heavy atom. The van der Waals surface area contributed by atoms with E-state index in [0.29, 0.717) is 0 Å². The van der Waals surface area contributed by atoms with Gasteiger partial charge in [0.15, 0.2) is 0 Å². The van der Waals surface area contributed by atoms with Crippen molar-refractivity contribution in [1.29, 1.82) is 0 Å². The van der Waals surface area contributed by atoms with Gasteiger partial charge in [-0.1, -0.05) is 49.4 Å². The highest BCUT2D eigenvalue weighted by Gasteiger charge is 2.37. The first-order valence-corrected chi connectivity index (χ1v) is 6.58. The van der Waals surface area contributed by atoms with Gasteiger partial charge in [-0.25, -0.2) is 0 Å². The van der Waals surface area contributed by atoms with E-state index in [1.54, 1.807) is 0 Å². The summed E-state index contributed by atoms with van der Waals surface area (Å²) in [6, 6.07) is 15.5. The lowest BCUT2D eigenvalue weighted by molar-refractivity contribution is 0.649. The molecule has 0 amide bonds. The van der Waals surface area contributed by atoms with Crippen molar-refractivity contribution in [3.05, 3.63) is 48.0 Å². The predicted molar refractivity (Wildman–Crippen MR) is 73.3 cm³/mol. The molecule has 2 atom stereocenters. The summed E-state index contributed by atoms with van der Waals surface area (Å²) >= 11 is 0. The van der Waals surface area contributed by atoms with Gasteiger partial charge in [-0.2, -0.15) is 0 Å². The molecule has 0 aliphatic heterocycles. The molecule has 1 fully saturated rings. The third kappa shape index (κ3) is 2.20. The van der Waals surface area contributed by atoms with Crippen LogP contribution in [0.2, 0.25) is 0 Å². The highest BCUT2D eigenvalue weighted by molar-refractivity contribution is 5.83. The van der Waals surface area contributed by atoms with Crippen LogP contribution in [0.4, 0.5) is 0 Å². The van der Waals surface area contributed by atoms with Crippen LogP contribution in [0, 0.1) is 5.92 Å². The van der Waals surface area contributed by atoms with Gasteiger partial charge in [-0.05, 0) is 47.7 Å². The molecule has 1 N–H and O–H groups in total. The lowest BCUT2D eigenvalue weighted by Crippen LogP contribution is -2.16. The first-order valence-electron chi connectivity index (χ1n) is 6.58. The summed E-state index contributed by atoms with van der Waals surface area (Å²) in [6.07, 6.45) is 1.35. The number of benzene rings is 2. The van der Waals surface area contributed by atoms with Crippen molar-refractivity contribution in [1.82, 2.24) is 5.32 Å². The van der Waals surface area contributed by atoms with Gasteiger partial charge in [0.1, 0.15) is 0 Å². The van der Waals surface area contributed by atoms with Gasteiger partial charge >= 0.3 is 0 Å². The van der Waals surface area contributed by atoms with Gasteiger partial charge in [0.05, 0.1) is 0 Å². The van der Waals surface area contributed by atoms with Gasteiger partial charge in [-0.15, -0.1) is 0 Å². The zero-order valence-electron chi connectivity index (χ0n) is 10.3. The molecule has 0 bridgehead atoms. The van der Waals surface area contributed by atoms with Gasteiger partial charge < -0.3 is 5.32 Å². The molecule has 1 heteroatoms. The van der Waals surface area contributed by atoms with Crippen molar-refractivity contribution in [3.8, 4) is 0 Å². The molecular weight excluding hydrogens is 206 g/mol. The average molecular weight is 225 g/mol. The zero-order valence-corrected chi connectivity index (χ0v) is 10.3. The molecule has 17 heavy (non-hydrogen) atoms. The van der Waals surface area contributed by atoms with Crippen LogP contribution in [0.25, 0.3) is 10.8 Å². The van der Waals surface area contributed by atoms with Crippen molar-refractivity contribution < 1.29 is 0 Å². The topological polar surface area (TPSA) is 12.0 Å². The highest BCUT2D eigenvalue weighted by atomic mass is 14.9. The van der Waals surface area contributed by atoms with Gasteiger partial charge in [0, 0.05) is 0 Å². The highest BCUT2D eigenvalue weighted by Crippen LogP contribution is 2.47. The van der Waals surface area contributed by atoms with E-state index in [-0.39, 0.29) is 0 Å². The molecule has 0 radical (unpaired) electrons. The Morgan fingerprint density at radius 3 is 2.76 bits per heavy atom. The molecule has 1 aliphatic carbocycles. The Morgan fingerprint density at radius 2 is 1.94 bits per heavy atom. The molecule has 2 aromatic carbocycles. The number of hydrogen-bond donors (Lipinski definition) is 1. The van der Waals surface area contributed by atoms with Crippen molar-refractivity contribution in [2.24, 2.45) is 5.92 Å². The molecule has 2 aromatic rings. The normalized spacial score (nSPS) is 22.9. The first kappa shape index (κ1) is 10.8. The number of hydrogen-bond acceptors (Lipinski definition) is 1. The molecular formula is C16H19N. The summed E-state index contributed by atoms with van der Waals surface area (Å²) in [6.45, 7) is 4.43. The quantitative estimate of drug-likeness (QED) is 0.839. The van der Waals surface area contributed by atoms with Crippen molar-refractivity contribution >= 4 is 10.8 Å². The second kappa shape index (κ2) is 4.50. The van der Waals surface area contributed by atoms with Crippen LogP contribution in [-0.4, -0.2) is 13.1 Å². The van der Waals surface area contributed by atoms with Crippen LogP contribution in [0.5, 0.6) is 0 Å². The molecule has 3 rings (SSSR count). The molecule has 0 heterocycles. The van der Waals surface area contributed by atoms with E-state index < -0.39 is 0 Å². The summed E-state index contributed by atoms with van der Waals surface area (Å²) in [7, 11) is 0. The number of nitrogens with one attached hydrogen (secondary N) is 1. The SMILES string of the molecule is CCNCC1CC1c1ccc2ccccc2c1. The monoisotopic (exact) mass is 225 g/mol. The second-order valence-electron chi connectivity index (χ2n) is 5.02. The second-order valence-corrected chi connectivity index (χ2v) is 5.02. The summed E-state index contributed by atoms with van der Waals surface area (Å²) in [5, 5.41) is 6.17. The Hall–Kier alpha value is -1.34. The molecule has 1 nitrogen and oxygen atoms in total. The first-order chi connectivity index (χ1) is 8.38. The van der Waals surface area contributed by atoms with E-state index in [0.717, 1.165) is 18.4 Å². The minimum Gasteiger partial charge on any atom is -0.317 e. The number of fused-ring (bicyclic) bond motifs is 1. The van der Waals surface area contributed by atoms with Gasteiger partial charge in [0.25, 0.3) is 0 Å². The largest absolute Gasteiger partial charge is 0.317 e. The number of rotatable bonds is 4. The summed E-state index contributed by atoms with van der Waals surface area (Å²) in [5.41, 5.74) is 1.52. The zero-order chi connectivity index (χ0) is 11.7. The fourth-order valence-electron chi connectivity index (χ4n) is 2.65. The van der Waals surface area contributed by atoms with Crippen LogP contribution in [0.3, 0.4) is 0 Å². The Bertz CT molecular complexity index is 518. The van der Waals surface area contributed by atoms with Gasteiger partial charge in [-0.3, -0.25) is 0 Å². The van der Waals surface area contributed by atoms with Crippen LogP contribution >= 0.6 is 0 Å². The van der Waals surface area contributed by atoms with E-state index >= 15 is 0 Å². The fourth-order valence-corrected chi connectivity index (χ4v) is 2.65. The molecule has 1 saturated carbocycles. The Balaban J connectivity index is 1.78. The standard InChI is InChI=1S/C16H19N/c1-2-17-11-15-10-16(15)14-8-7-12-5-3-4-6-13(12)9-14/h3-9,15-17H,2,10-11H2,1H3. The van der Waals surface area contributed by atoms with Crippen LogP contribution in [0.1, 0.15) is 24.8 Å². The molecule has 0 spiro atoms. The maximum absolute atomic E-state index is 3.45. The van der Waals surface area contributed by atoms with Crippen molar-refractivity contribution in [2.75, 3.05) is 13.1 Å². The molecule has 2 unspecified atom stereocenters. The summed E-state index contributed by atoms with van der Waals surface area (Å²) in [4.78, 5) is 0.